The second kappa shape index (κ2) is 7.43. The summed E-state index contributed by atoms with van der Waals surface area (Å²) < 4.78 is 5.79. The fraction of sp³-hybridized carbons (Fsp3) is 0.136. The molecule has 0 saturated heterocycles. The highest BCUT2D eigenvalue weighted by atomic mass is 32.1. The third-order valence-corrected chi connectivity index (χ3v) is 5.86. The number of hydrogen-bond donors (Lipinski definition) is 0. The predicted octanol–water partition coefficient (Wildman–Crippen LogP) is 4.72. The molecule has 1 aliphatic heterocycles. The minimum Gasteiger partial charge on any atom is -0.436 e. The Labute approximate surface area is 176 Å². The minimum absolute atomic E-state index is 0.0544. The molecule has 8 heteroatoms. The van der Waals surface area contributed by atoms with E-state index < -0.39 is 11.8 Å². The summed E-state index contributed by atoms with van der Waals surface area (Å²) in [7, 11) is 0. The van der Waals surface area contributed by atoms with Crippen LogP contribution in [0.2, 0.25) is 0 Å². The van der Waals surface area contributed by atoms with Crippen molar-refractivity contribution < 1.29 is 14.0 Å². The Kier molecular flexibility index (Phi) is 4.78. The Morgan fingerprint density at radius 2 is 2.03 bits per heavy atom. The van der Waals surface area contributed by atoms with Crippen molar-refractivity contribution in [2.24, 2.45) is 0 Å². The third kappa shape index (κ3) is 3.10. The quantitative estimate of drug-likeness (QED) is 0.351. The van der Waals surface area contributed by atoms with Crippen LogP contribution < -0.4 is 0 Å². The van der Waals surface area contributed by atoms with Crippen molar-refractivity contribution in [1.29, 1.82) is 5.26 Å². The van der Waals surface area contributed by atoms with Crippen molar-refractivity contribution in [2.45, 2.75) is 13.8 Å². The number of oxazole rings is 1. The fourth-order valence-electron chi connectivity index (χ4n) is 3.20. The van der Waals surface area contributed by atoms with Gasteiger partial charge in [0.15, 0.2) is 16.1 Å². The maximum atomic E-state index is 12.7. The number of carbonyl (C=O) groups is 2. The van der Waals surface area contributed by atoms with E-state index >= 15 is 0 Å². The number of hydrogen-bond acceptors (Lipinski definition) is 6. The summed E-state index contributed by atoms with van der Waals surface area (Å²) in [5, 5.41) is 9.32. The van der Waals surface area contributed by atoms with E-state index in [1.54, 1.807) is 26.0 Å². The van der Waals surface area contributed by atoms with E-state index in [2.05, 4.69) is 9.83 Å². The third-order valence-electron chi connectivity index (χ3n) is 4.80. The molecule has 0 fully saturated rings. The number of benzene rings is 1. The van der Waals surface area contributed by atoms with Gasteiger partial charge in [-0.2, -0.15) is 10.2 Å². The molecule has 146 valence electrons. The smallest absolute Gasteiger partial charge is 0.271 e. The maximum Gasteiger partial charge on any atom is 0.271 e. The van der Waals surface area contributed by atoms with Gasteiger partial charge in [-0.1, -0.05) is 24.3 Å². The molecule has 30 heavy (non-hydrogen) atoms. The Balaban J connectivity index is 1.72. The number of amides is 2. The average Bonchev–Trinajstić information content (AvgIpc) is 3.31. The van der Waals surface area contributed by atoms with Crippen molar-refractivity contribution >= 4 is 45.3 Å². The standard InChI is InChI=1S/C22H14N4O3S/c1-4-26-21(27)15(12(2)16(11-23)22(26)28)9-19-25-20-17(29-19)10-18(30-20)13-5-7-14(24-3)8-6-13/h5-10H,4H2,1-2H3/b15-9-. The van der Waals surface area contributed by atoms with Gasteiger partial charge in [0.25, 0.3) is 11.8 Å². The summed E-state index contributed by atoms with van der Waals surface area (Å²) in [5.74, 6) is -0.820. The zero-order valence-electron chi connectivity index (χ0n) is 16.1. The molecule has 0 bridgehead atoms. The van der Waals surface area contributed by atoms with Crippen LogP contribution >= 0.6 is 11.3 Å². The van der Waals surface area contributed by atoms with Crippen LogP contribution in [0.1, 0.15) is 19.7 Å². The summed E-state index contributed by atoms with van der Waals surface area (Å²) >= 11 is 1.43. The summed E-state index contributed by atoms with van der Waals surface area (Å²) in [4.78, 5) is 35.4. The van der Waals surface area contributed by atoms with Gasteiger partial charge in [0, 0.05) is 29.1 Å². The zero-order chi connectivity index (χ0) is 21.4. The molecule has 0 radical (unpaired) electrons. The highest BCUT2D eigenvalue weighted by Crippen LogP contribution is 2.35. The van der Waals surface area contributed by atoms with E-state index in [9.17, 15) is 14.9 Å². The van der Waals surface area contributed by atoms with E-state index in [-0.39, 0.29) is 23.6 Å². The average molecular weight is 414 g/mol. The number of nitriles is 1. The van der Waals surface area contributed by atoms with Gasteiger partial charge in [0.2, 0.25) is 5.89 Å². The first kappa shape index (κ1) is 19.3. The van der Waals surface area contributed by atoms with Crippen molar-refractivity contribution in [3.63, 3.8) is 0 Å². The number of likely N-dealkylation sites (N-methyl/N-ethyl adjacent to an activating group) is 1. The van der Waals surface area contributed by atoms with Crippen molar-refractivity contribution in [3.8, 4) is 16.5 Å². The lowest BCUT2D eigenvalue weighted by atomic mass is 9.95. The molecule has 0 atom stereocenters. The number of rotatable bonds is 3. The zero-order valence-corrected chi connectivity index (χ0v) is 16.9. The van der Waals surface area contributed by atoms with Gasteiger partial charge in [-0.25, -0.2) is 4.85 Å². The molecule has 1 aliphatic rings. The Bertz CT molecular complexity index is 1310. The number of aromatic nitrogens is 1. The molecule has 3 aromatic rings. The highest BCUT2D eigenvalue weighted by Gasteiger charge is 2.34. The van der Waals surface area contributed by atoms with Crippen LogP contribution in [0.5, 0.6) is 0 Å². The second-order valence-electron chi connectivity index (χ2n) is 6.52. The van der Waals surface area contributed by atoms with Gasteiger partial charge in [0.1, 0.15) is 11.6 Å². The summed E-state index contributed by atoms with van der Waals surface area (Å²) in [6.07, 6.45) is 1.47. The van der Waals surface area contributed by atoms with Crippen LogP contribution in [0.25, 0.3) is 31.8 Å². The fourth-order valence-corrected chi connectivity index (χ4v) is 4.16. The SMILES string of the molecule is [C-]#[N+]c1ccc(-c2cc3oc(/C=C4\C(=O)N(CC)C(=O)C(C#N)=C4C)nc3s2)cc1. The van der Waals surface area contributed by atoms with Crippen LogP contribution in [-0.4, -0.2) is 28.2 Å². The van der Waals surface area contributed by atoms with Crippen LogP contribution in [-0.2, 0) is 9.59 Å². The molecule has 2 amide bonds. The van der Waals surface area contributed by atoms with Gasteiger partial charge < -0.3 is 4.42 Å². The number of imide groups is 1. The van der Waals surface area contributed by atoms with Gasteiger partial charge in [-0.05, 0) is 25.0 Å². The van der Waals surface area contributed by atoms with E-state index in [0.29, 0.717) is 21.7 Å². The summed E-state index contributed by atoms with van der Waals surface area (Å²) in [5.41, 5.74) is 2.59. The monoisotopic (exact) mass is 414 g/mol. The van der Waals surface area contributed by atoms with Crippen LogP contribution in [0.3, 0.4) is 0 Å². The molecule has 1 aromatic carbocycles. The molecule has 0 N–H and O–H groups in total. The minimum atomic E-state index is -0.582. The van der Waals surface area contributed by atoms with Gasteiger partial charge in [-0.15, -0.1) is 11.3 Å². The number of fused-ring (bicyclic) bond motifs is 1. The van der Waals surface area contributed by atoms with E-state index in [0.717, 1.165) is 15.3 Å². The topological polar surface area (TPSA) is 91.6 Å². The van der Waals surface area contributed by atoms with Gasteiger partial charge in [-0.3, -0.25) is 14.5 Å². The lowest BCUT2D eigenvalue weighted by Crippen LogP contribution is -2.42. The largest absolute Gasteiger partial charge is 0.436 e. The maximum absolute atomic E-state index is 12.7. The number of nitrogens with zero attached hydrogens (tertiary/aromatic N) is 4. The second-order valence-corrected chi connectivity index (χ2v) is 7.55. The molecular formula is C22H14N4O3S. The molecule has 3 heterocycles. The number of carbonyl (C=O) groups excluding carboxylic acids is 2. The van der Waals surface area contributed by atoms with Crippen molar-refractivity contribution in [3.05, 3.63) is 64.4 Å². The van der Waals surface area contributed by atoms with Gasteiger partial charge >= 0.3 is 0 Å². The normalized spacial score (nSPS) is 15.7. The molecular weight excluding hydrogens is 400 g/mol. The first-order valence-corrected chi connectivity index (χ1v) is 9.86. The predicted molar refractivity (Wildman–Crippen MR) is 112 cm³/mol. The highest BCUT2D eigenvalue weighted by molar-refractivity contribution is 7.21. The van der Waals surface area contributed by atoms with E-state index in [1.807, 2.05) is 24.3 Å². The van der Waals surface area contributed by atoms with E-state index in [1.165, 1.54) is 17.4 Å². The van der Waals surface area contributed by atoms with Crippen LogP contribution in [0.15, 0.2) is 51.5 Å². The first-order valence-electron chi connectivity index (χ1n) is 9.04. The lowest BCUT2D eigenvalue weighted by molar-refractivity contribution is -0.140. The first-order chi connectivity index (χ1) is 14.5. The number of thiophene rings is 1. The molecule has 0 aliphatic carbocycles. The molecule has 0 spiro atoms. The molecule has 2 aromatic heterocycles. The van der Waals surface area contributed by atoms with Crippen LogP contribution in [0, 0.1) is 17.9 Å². The Morgan fingerprint density at radius 3 is 2.63 bits per heavy atom. The molecule has 0 unspecified atom stereocenters. The molecule has 0 saturated carbocycles. The van der Waals surface area contributed by atoms with Gasteiger partial charge in [0.05, 0.1) is 6.57 Å². The molecule has 7 nitrogen and oxygen atoms in total. The van der Waals surface area contributed by atoms with Crippen molar-refractivity contribution in [1.82, 2.24) is 9.88 Å². The van der Waals surface area contributed by atoms with E-state index in [4.69, 9.17) is 11.0 Å². The lowest BCUT2D eigenvalue weighted by Gasteiger charge is -2.25. The Hall–Kier alpha value is -4.01. The summed E-state index contributed by atoms with van der Waals surface area (Å²) in [6, 6.07) is 11.0. The molecule has 4 rings (SSSR count). The van der Waals surface area contributed by atoms with Crippen molar-refractivity contribution in [2.75, 3.05) is 6.54 Å². The summed E-state index contributed by atoms with van der Waals surface area (Å²) in [6.45, 7) is 10.5. The Morgan fingerprint density at radius 1 is 1.30 bits per heavy atom. The van der Waals surface area contributed by atoms with Crippen LogP contribution in [0.4, 0.5) is 5.69 Å².